The van der Waals surface area contributed by atoms with E-state index in [1.165, 1.54) is 11.2 Å². The molecule has 10 heteroatoms. The first-order chi connectivity index (χ1) is 13.4. The molecule has 2 rings (SSSR count). The van der Waals surface area contributed by atoms with E-state index in [0.717, 1.165) is 5.69 Å². The van der Waals surface area contributed by atoms with Crippen molar-refractivity contribution in [2.45, 2.75) is 63.1 Å². The highest BCUT2D eigenvalue weighted by molar-refractivity contribution is 5.88. The van der Waals surface area contributed by atoms with Gasteiger partial charge in [0.15, 0.2) is 0 Å². The number of aryl methyl sites for hydroxylation is 1. The number of hydrogen-bond acceptors (Lipinski definition) is 6. The van der Waals surface area contributed by atoms with Crippen LogP contribution in [-0.2, 0) is 20.8 Å². The lowest BCUT2D eigenvalue weighted by Crippen LogP contribution is -2.54. The summed E-state index contributed by atoms with van der Waals surface area (Å²) in [5.74, 6) is -2.43. The fraction of sp³-hybridized carbons (Fsp3) is 0.667. The lowest BCUT2D eigenvalue weighted by Gasteiger charge is -2.29. The van der Waals surface area contributed by atoms with Gasteiger partial charge in [-0.15, -0.1) is 0 Å². The number of aliphatic carboxylic acids is 2. The lowest BCUT2D eigenvalue weighted by molar-refractivity contribution is -0.149. The second-order valence-electron chi connectivity index (χ2n) is 7.02. The van der Waals surface area contributed by atoms with E-state index in [0.29, 0.717) is 51.6 Å². The number of rotatable bonds is 12. The van der Waals surface area contributed by atoms with Crippen LogP contribution in [0.3, 0.4) is 0 Å². The quantitative estimate of drug-likeness (QED) is 0.308. The topological polar surface area (TPSA) is 162 Å². The number of unbranched alkanes of at least 4 members (excludes halogenated alkanes) is 1. The summed E-state index contributed by atoms with van der Waals surface area (Å²) in [6, 6.07) is -2.54. The fourth-order valence-electron chi connectivity index (χ4n) is 3.50. The molecular weight excluding hydrogens is 366 g/mol. The second kappa shape index (κ2) is 10.8. The largest absolute Gasteiger partial charge is 0.480 e. The Morgan fingerprint density at radius 1 is 1.29 bits per heavy atom. The van der Waals surface area contributed by atoms with Crippen LogP contribution in [-0.4, -0.2) is 74.1 Å². The van der Waals surface area contributed by atoms with E-state index in [2.05, 4.69) is 15.3 Å². The Morgan fingerprint density at radius 2 is 2.07 bits per heavy atom. The van der Waals surface area contributed by atoms with Gasteiger partial charge in [0.1, 0.15) is 12.1 Å². The van der Waals surface area contributed by atoms with E-state index < -0.39 is 30.1 Å². The fourth-order valence-corrected chi connectivity index (χ4v) is 3.50. The first kappa shape index (κ1) is 21.8. The maximum absolute atomic E-state index is 13.0. The Labute approximate surface area is 163 Å². The summed E-state index contributed by atoms with van der Waals surface area (Å²) in [6.07, 6.45) is 6.74. The summed E-state index contributed by atoms with van der Waals surface area (Å²) < 4.78 is 0. The van der Waals surface area contributed by atoms with Crippen molar-refractivity contribution in [3.8, 4) is 0 Å². The molecule has 1 fully saturated rings. The van der Waals surface area contributed by atoms with Crippen molar-refractivity contribution >= 4 is 17.8 Å². The summed E-state index contributed by atoms with van der Waals surface area (Å²) in [6.45, 7) is 0.847. The van der Waals surface area contributed by atoms with E-state index in [4.69, 9.17) is 5.73 Å². The summed E-state index contributed by atoms with van der Waals surface area (Å²) >= 11 is 0. The maximum Gasteiger partial charge on any atom is 0.326 e. The van der Waals surface area contributed by atoms with Crippen molar-refractivity contribution in [2.75, 3.05) is 13.1 Å². The van der Waals surface area contributed by atoms with Crippen LogP contribution >= 0.6 is 0 Å². The van der Waals surface area contributed by atoms with E-state index in [9.17, 15) is 24.6 Å². The van der Waals surface area contributed by atoms with Gasteiger partial charge in [-0.25, -0.2) is 9.78 Å². The van der Waals surface area contributed by atoms with Crippen LogP contribution in [0.4, 0.5) is 0 Å². The number of carboxylic acid groups (broad SMARTS) is 2. The Morgan fingerprint density at radius 3 is 2.68 bits per heavy atom. The van der Waals surface area contributed by atoms with Crippen LogP contribution in [0.25, 0.3) is 0 Å². The molecule has 10 nitrogen and oxygen atoms in total. The summed E-state index contributed by atoms with van der Waals surface area (Å²) in [7, 11) is 0. The number of amides is 1. The molecule has 156 valence electrons. The highest BCUT2D eigenvalue weighted by Gasteiger charge is 2.38. The number of hydrogen-bond donors (Lipinski definition) is 5. The molecule has 1 saturated heterocycles. The molecule has 1 aliphatic rings. The molecule has 0 aromatic carbocycles. The molecular formula is C18H29N5O5. The van der Waals surface area contributed by atoms with Crippen LogP contribution in [0.5, 0.6) is 0 Å². The SMILES string of the molecule is NCCCC[C@H](NC(CCc1c[nH]cn1)C(=O)O)C(=O)N1CCCC1C(=O)O. The van der Waals surface area contributed by atoms with Gasteiger partial charge in [0, 0.05) is 12.7 Å². The number of aromatic amines is 1. The molecule has 1 aromatic rings. The number of carboxylic acids is 2. The van der Waals surface area contributed by atoms with Crippen LogP contribution < -0.4 is 11.1 Å². The predicted molar refractivity (Wildman–Crippen MR) is 101 cm³/mol. The number of nitrogens with zero attached hydrogens (tertiary/aromatic N) is 2. The van der Waals surface area contributed by atoms with Gasteiger partial charge in [-0.05, 0) is 45.1 Å². The summed E-state index contributed by atoms with van der Waals surface area (Å²) in [5.41, 5.74) is 6.27. The molecule has 2 heterocycles. The molecule has 0 saturated carbocycles. The van der Waals surface area contributed by atoms with Crippen molar-refractivity contribution < 1.29 is 24.6 Å². The predicted octanol–water partition coefficient (Wildman–Crippen LogP) is -0.0417. The Balaban J connectivity index is 2.07. The third-order valence-corrected chi connectivity index (χ3v) is 5.01. The molecule has 1 aromatic heterocycles. The number of carbonyl (C=O) groups is 3. The molecule has 2 unspecified atom stereocenters. The van der Waals surface area contributed by atoms with Gasteiger partial charge in [-0.1, -0.05) is 6.42 Å². The molecule has 3 atom stereocenters. The zero-order valence-corrected chi connectivity index (χ0v) is 15.8. The van der Waals surface area contributed by atoms with Gasteiger partial charge < -0.3 is 25.8 Å². The molecule has 0 bridgehead atoms. The molecule has 0 spiro atoms. The standard InChI is InChI=1S/C18H29N5O5/c19-8-2-1-4-13(16(24)23-9-3-5-15(23)18(27)28)22-14(17(25)26)7-6-12-10-20-11-21-12/h10-11,13-15,22H,1-9,19H2,(H,20,21)(H,25,26)(H,27,28)/t13-,14?,15?/m0/s1. The van der Waals surface area contributed by atoms with Gasteiger partial charge in [0.25, 0.3) is 0 Å². The molecule has 1 amide bonds. The zero-order valence-electron chi connectivity index (χ0n) is 15.8. The number of nitrogens with one attached hydrogen (secondary N) is 2. The van der Waals surface area contributed by atoms with Gasteiger partial charge in [-0.2, -0.15) is 0 Å². The highest BCUT2D eigenvalue weighted by Crippen LogP contribution is 2.20. The number of carbonyl (C=O) groups excluding carboxylic acids is 1. The Kier molecular flexibility index (Phi) is 8.40. The number of nitrogens with two attached hydrogens (primary N) is 1. The zero-order chi connectivity index (χ0) is 20.5. The summed E-state index contributed by atoms with van der Waals surface area (Å²) in [4.78, 5) is 44.4. The molecule has 1 aliphatic heterocycles. The van der Waals surface area contributed by atoms with E-state index in [1.54, 1.807) is 6.20 Å². The average Bonchev–Trinajstić information content (AvgIpc) is 3.34. The second-order valence-corrected chi connectivity index (χ2v) is 7.02. The van der Waals surface area contributed by atoms with Crippen molar-refractivity contribution in [1.82, 2.24) is 20.2 Å². The molecule has 6 N–H and O–H groups in total. The first-order valence-corrected chi connectivity index (χ1v) is 9.64. The van der Waals surface area contributed by atoms with Crippen LogP contribution in [0.2, 0.25) is 0 Å². The van der Waals surface area contributed by atoms with E-state index in [-0.39, 0.29) is 12.3 Å². The van der Waals surface area contributed by atoms with Gasteiger partial charge in [0.2, 0.25) is 5.91 Å². The Hall–Kier alpha value is -2.46. The van der Waals surface area contributed by atoms with Gasteiger partial charge in [-0.3, -0.25) is 14.9 Å². The van der Waals surface area contributed by atoms with Crippen LogP contribution in [0, 0.1) is 0 Å². The maximum atomic E-state index is 13.0. The van der Waals surface area contributed by atoms with Crippen LogP contribution in [0.1, 0.15) is 44.2 Å². The average molecular weight is 395 g/mol. The lowest BCUT2D eigenvalue weighted by atomic mass is 10.0. The van der Waals surface area contributed by atoms with Crippen molar-refractivity contribution in [2.24, 2.45) is 5.73 Å². The van der Waals surface area contributed by atoms with Crippen molar-refractivity contribution in [1.29, 1.82) is 0 Å². The van der Waals surface area contributed by atoms with Gasteiger partial charge >= 0.3 is 11.9 Å². The summed E-state index contributed by atoms with van der Waals surface area (Å²) in [5, 5.41) is 21.9. The Bertz CT molecular complexity index is 651. The number of aromatic nitrogens is 2. The molecule has 28 heavy (non-hydrogen) atoms. The van der Waals surface area contributed by atoms with E-state index >= 15 is 0 Å². The van der Waals surface area contributed by atoms with Crippen LogP contribution in [0.15, 0.2) is 12.5 Å². The highest BCUT2D eigenvalue weighted by atomic mass is 16.4. The van der Waals surface area contributed by atoms with Crippen molar-refractivity contribution in [3.05, 3.63) is 18.2 Å². The number of H-pyrrole nitrogens is 1. The smallest absolute Gasteiger partial charge is 0.326 e. The molecule has 0 radical (unpaired) electrons. The first-order valence-electron chi connectivity index (χ1n) is 9.64. The third kappa shape index (κ3) is 6.03. The minimum Gasteiger partial charge on any atom is -0.480 e. The van der Waals surface area contributed by atoms with E-state index in [1.807, 2.05) is 0 Å². The number of likely N-dealkylation sites (tertiary alicyclic amines) is 1. The normalized spacial score (nSPS) is 18.8. The van der Waals surface area contributed by atoms with Crippen molar-refractivity contribution in [3.63, 3.8) is 0 Å². The molecule has 0 aliphatic carbocycles. The minimum absolute atomic E-state index is 0.267. The third-order valence-electron chi connectivity index (χ3n) is 5.01. The van der Waals surface area contributed by atoms with Gasteiger partial charge in [0.05, 0.1) is 18.1 Å². The monoisotopic (exact) mass is 395 g/mol. The minimum atomic E-state index is -1.05. The number of imidazole rings is 1.